The van der Waals surface area contributed by atoms with Crippen LogP contribution in [0.15, 0.2) is 30.5 Å². The summed E-state index contributed by atoms with van der Waals surface area (Å²) in [6.45, 7) is 2.53. The number of amides is 2. The molecule has 2 amide bonds. The van der Waals surface area contributed by atoms with Crippen molar-refractivity contribution in [3.8, 4) is 0 Å². The van der Waals surface area contributed by atoms with Crippen LogP contribution in [0, 0.1) is 10.5 Å². The van der Waals surface area contributed by atoms with Gasteiger partial charge in [0, 0.05) is 15.8 Å². The standard InChI is InChI=1S/C16H19IN4O2/c1-11-12(9-20-21-11)5-4-8-18-15(22)10-19-16(23)13-6-2-3-7-14(13)17/h2-3,6-7,9H,4-5,8,10H2,1H3,(H,18,22)(H,19,23)(H,20,21). The van der Waals surface area contributed by atoms with E-state index in [-0.39, 0.29) is 18.4 Å². The first-order chi connectivity index (χ1) is 11.1. The number of nitrogens with zero attached hydrogens (tertiary/aromatic N) is 1. The molecule has 0 spiro atoms. The number of aryl methyl sites for hydroxylation is 2. The number of carbonyl (C=O) groups is 2. The van der Waals surface area contributed by atoms with E-state index in [9.17, 15) is 9.59 Å². The van der Waals surface area contributed by atoms with Gasteiger partial charge in [-0.1, -0.05) is 12.1 Å². The topological polar surface area (TPSA) is 86.9 Å². The summed E-state index contributed by atoms with van der Waals surface area (Å²) in [6, 6.07) is 7.26. The summed E-state index contributed by atoms with van der Waals surface area (Å²) >= 11 is 2.10. The highest BCUT2D eigenvalue weighted by molar-refractivity contribution is 14.1. The maximum atomic E-state index is 12.0. The second-order valence-electron chi connectivity index (χ2n) is 5.14. The van der Waals surface area contributed by atoms with Gasteiger partial charge in [0.25, 0.3) is 5.91 Å². The molecule has 122 valence electrons. The second kappa shape index (κ2) is 8.66. The molecule has 0 aliphatic heterocycles. The molecule has 0 fully saturated rings. The normalized spacial score (nSPS) is 10.3. The van der Waals surface area contributed by atoms with Crippen LogP contribution in [0.1, 0.15) is 28.0 Å². The van der Waals surface area contributed by atoms with E-state index in [1.54, 1.807) is 18.3 Å². The zero-order valence-corrected chi connectivity index (χ0v) is 15.0. The van der Waals surface area contributed by atoms with Gasteiger partial charge in [-0.15, -0.1) is 0 Å². The van der Waals surface area contributed by atoms with Crippen LogP contribution < -0.4 is 10.6 Å². The predicted octanol–water partition coefficient (Wildman–Crippen LogP) is 1.80. The number of halogens is 1. The number of aromatic nitrogens is 2. The fourth-order valence-electron chi connectivity index (χ4n) is 2.10. The fraction of sp³-hybridized carbons (Fsp3) is 0.312. The summed E-state index contributed by atoms with van der Waals surface area (Å²) in [4.78, 5) is 23.7. The molecule has 0 aliphatic carbocycles. The Hall–Kier alpha value is -1.90. The zero-order chi connectivity index (χ0) is 16.7. The summed E-state index contributed by atoms with van der Waals surface area (Å²) < 4.78 is 0.860. The van der Waals surface area contributed by atoms with Crippen LogP contribution in [0.25, 0.3) is 0 Å². The van der Waals surface area contributed by atoms with Gasteiger partial charge in [0.2, 0.25) is 5.91 Å². The van der Waals surface area contributed by atoms with E-state index in [1.165, 1.54) is 0 Å². The molecule has 23 heavy (non-hydrogen) atoms. The van der Waals surface area contributed by atoms with Crippen LogP contribution in [0.2, 0.25) is 0 Å². The highest BCUT2D eigenvalue weighted by Crippen LogP contribution is 2.10. The summed E-state index contributed by atoms with van der Waals surface area (Å²) in [6.07, 6.45) is 3.49. The Labute approximate surface area is 148 Å². The third-order valence-electron chi connectivity index (χ3n) is 3.41. The molecular formula is C16H19IN4O2. The van der Waals surface area contributed by atoms with E-state index in [4.69, 9.17) is 0 Å². The van der Waals surface area contributed by atoms with Crippen molar-refractivity contribution < 1.29 is 9.59 Å². The van der Waals surface area contributed by atoms with E-state index in [2.05, 4.69) is 43.4 Å². The van der Waals surface area contributed by atoms with E-state index in [1.807, 2.05) is 19.1 Å². The maximum Gasteiger partial charge on any atom is 0.252 e. The van der Waals surface area contributed by atoms with Crippen molar-refractivity contribution in [2.24, 2.45) is 0 Å². The molecular weight excluding hydrogens is 407 g/mol. The lowest BCUT2D eigenvalue weighted by Gasteiger charge is -2.08. The van der Waals surface area contributed by atoms with Crippen molar-refractivity contribution in [1.82, 2.24) is 20.8 Å². The summed E-state index contributed by atoms with van der Waals surface area (Å²) in [5.74, 6) is -0.424. The lowest BCUT2D eigenvalue weighted by molar-refractivity contribution is -0.120. The van der Waals surface area contributed by atoms with Crippen LogP contribution in [-0.4, -0.2) is 35.1 Å². The third-order valence-corrected chi connectivity index (χ3v) is 4.35. The minimum absolute atomic E-state index is 0.0193. The molecule has 0 atom stereocenters. The summed E-state index contributed by atoms with van der Waals surface area (Å²) in [7, 11) is 0. The monoisotopic (exact) mass is 426 g/mol. The molecule has 3 N–H and O–H groups in total. The Balaban J connectivity index is 1.66. The fourth-order valence-corrected chi connectivity index (χ4v) is 2.73. The second-order valence-corrected chi connectivity index (χ2v) is 6.30. The van der Waals surface area contributed by atoms with Gasteiger partial charge in [-0.05, 0) is 60.1 Å². The first-order valence-corrected chi connectivity index (χ1v) is 8.44. The quantitative estimate of drug-likeness (QED) is 0.466. The van der Waals surface area contributed by atoms with Crippen molar-refractivity contribution in [2.75, 3.05) is 13.1 Å². The van der Waals surface area contributed by atoms with Crippen LogP contribution in [0.4, 0.5) is 0 Å². The Morgan fingerprint density at radius 2 is 2.04 bits per heavy atom. The van der Waals surface area contributed by atoms with Crippen molar-refractivity contribution >= 4 is 34.4 Å². The van der Waals surface area contributed by atoms with Crippen molar-refractivity contribution in [3.05, 3.63) is 50.9 Å². The molecule has 0 unspecified atom stereocenters. The van der Waals surface area contributed by atoms with Gasteiger partial charge in [-0.2, -0.15) is 5.10 Å². The summed E-state index contributed by atoms with van der Waals surface area (Å²) in [5.41, 5.74) is 2.79. The molecule has 0 aliphatic rings. The number of carbonyl (C=O) groups excluding carboxylic acids is 2. The van der Waals surface area contributed by atoms with Gasteiger partial charge in [0.1, 0.15) is 0 Å². The number of hydrogen-bond acceptors (Lipinski definition) is 3. The highest BCUT2D eigenvalue weighted by Gasteiger charge is 2.10. The van der Waals surface area contributed by atoms with E-state index >= 15 is 0 Å². The lowest BCUT2D eigenvalue weighted by atomic mass is 10.1. The van der Waals surface area contributed by atoms with Crippen LogP contribution in [-0.2, 0) is 11.2 Å². The first-order valence-electron chi connectivity index (χ1n) is 7.36. The number of rotatable bonds is 7. The SMILES string of the molecule is Cc1[nH]ncc1CCCNC(=O)CNC(=O)c1ccccc1I. The van der Waals surface area contributed by atoms with Crippen LogP contribution in [0.3, 0.4) is 0 Å². The molecule has 1 aromatic carbocycles. The minimum Gasteiger partial charge on any atom is -0.355 e. The van der Waals surface area contributed by atoms with Crippen molar-refractivity contribution in [1.29, 1.82) is 0 Å². The Bertz CT molecular complexity index is 684. The molecule has 0 saturated carbocycles. The van der Waals surface area contributed by atoms with Gasteiger partial charge in [-0.25, -0.2) is 0 Å². The molecule has 0 bridgehead atoms. The van der Waals surface area contributed by atoms with Crippen LogP contribution in [0.5, 0.6) is 0 Å². The number of nitrogens with one attached hydrogen (secondary N) is 3. The van der Waals surface area contributed by atoms with Gasteiger partial charge in [0.15, 0.2) is 0 Å². The van der Waals surface area contributed by atoms with Gasteiger partial charge in [-0.3, -0.25) is 14.7 Å². The Kier molecular flexibility index (Phi) is 6.57. The van der Waals surface area contributed by atoms with Gasteiger partial charge in [0.05, 0.1) is 18.3 Å². The number of hydrogen-bond donors (Lipinski definition) is 3. The van der Waals surface area contributed by atoms with E-state index in [0.717, 1.165) is 27.7 Å². The van der Waals surface area contributed by atoms with Crippen LogP contribution >= 0.6 is 22.6 Å². The first kappa shape index (κ1) is 17.5. The van der Waals surface area contributed by atoms with E-state index < -0.39 is 0 Å². The molecule has 1 aromatic heterocycles. The molecule has 7 heteroatoms. The molecule has 6 nitrogen and oxygen atoms in total. The predicted molar refractivity (Wildman–Crippen MR) is 96.1 cm³/mol. The lowest BCUT2D eigenvalue weighted by Crippen LogP contribution is -2.37. The number of benzene rings is 1. The highest BCUT2D eigenvalue weighted by atomic mass is 127. The maximum absolute atomic E-state index is 12.0. The molecule has 0 radical (unpaired) electrons. The average molecular weight is 426 g/mol. The largest absolute Gasteiger partial charge is 0.355 e. The zero-order valence-electron chi connectivity index (χ0n) is 12.9. The number of H-pyrrole nitrogens is 1. The van der Waals surface area contributed by atoms with Gasteiger partial charge < -0.3 is 10.6 Å². The minimum atomic E-state index is -0.237. The van der Waals surface area contributed by atoms with Gasteiger partial charge >= 0.3 is 0 Å². The molecule has 1 heterocycles. The number of aromatic amines is 1. The Morgan fingerprint density at radius 1 is 1.26 bits per heavy atom. The van der Waals surface area contributed by atoms with Crippen molar-refractivity contribution in [3.63, 3.8) is 0 Å². The molecule has 2 rings (SSSR count). The molecule has 2 aromatic rings. The van der Waals surface area contributed by atoms with Crippen molar-refractivity contribution in [2.45, 2.75) is 19.8 Å². The summed E-state index contributed by atoms with van der Waals surface area (Å²) in [5, 5.41) is 12.3. The smallest absolute Gasteiger partial charge is 0.252 e. The Morgan fingerprint density at radius 3 is 2.74 bits per heavy atom. The molecule has 0 saturated heterocycles. The third kappa shape index (κ3) is 5.34. The van der Waals surface area contributed by atoms with E-state index in [0.29, 0.717) is 12.1 Å². The average Bonchev–Trinajstić information content (AvgIpc) is 2.95.